The lowest BCUT2D eigenvalue weighted by Crippen LogP contribution is -2.17. The second-order valence-electron chi connectivity index (χ2n) is 3.87. The summed E-state index contributed by atoms with van der Waals surface area (Å²) in [6.45, 7) is 2.08. The SMILES string of the molecule is CCOC(=O)/C=C1\Nc2ccccc2-n2nnnc21. The molecule has 0 amide bonds. The Morgan fingerprint density at radius 3 is 3.16 bits per heavy atom. The summed E-state index contributed by atoms with van der Waals surface area (Å²) in [5, 5.41) is 14.6. The Kier molecular flexibility index (Phi) is 2.71. The zero-order valence-electron chi connectivity index (χ0n) is 10.2. The molecule has 1 N–H and O–H groups in total. The van der Waals surface area contributed by atoms with Crippen molar-refractivity contribution in [3.8, 4) is 5.69 Å². The average molecular weight is 257 g/mol. The topological polar surface area (TPSA) is 81.9 Å². The molecule has 0 aliphatic carbocycles. The zero-order chi connectivity index (χ0) is 13.2. The highest BCUT2D eigenvalue weighted by Crippen LogP contribution is 2.29. The van der Waals surface area contributed by atoms with Crippen LogP contribution in [0.4, 0.5) is 5.69 Å². The van der Waals surface area contributed by atoms with Crippen LogP contribution in [0.5, 0.6) is 0 Å². The molecule has 1 aliphatic heterocycles. The van der Waals surface area contributed by atoms with Crippen LogP contribution in [0.1, 0.15) is 12.7 Å². The van der Waals surface area contributed by atoms with Crippen molar-refractivity contribution in [1.29, 1.82) is 0 Å². The monoisotopic (exact) mass is 257 g/mol. The van der Waals surface area contributed by atoms with Crippen molar-refractivity contribution in [1.82, 2.24) is 20.2 Å². The molecule has 1 aromatic heterocycles. The number of para-hydroxylation sites is 2. The molecule has 1 aliphatic rings. The van der Waals surface area contributed by atoms with Crippen molar-refractivity contribution in [3.05, 3.63) is 36.2 Å². The maximum absolute atomic E-state index is 11.5. The first-order valence-corrected chi connectivity index (χ1v) is 5.83. The number of anilines is 1. The van der Waals surface area contributed by atoms with E-state index in [0.29, 0.717) is 18.1 Å². The van der Waals surface area contributed by atoms with E-state index in [4.69, 9.17) is 4.74 Å². The number of nitrogens with zero attached hydrogens (tertiary/aromatic N) is 4. The first-order valence-electron chi connectivity index (χ1n) is 5.83. The van der Waals surface area contributed by atoms with Crippen molar-refractivity contribution in [2.45, 2.75) is 6.92 Å². The number of aromatic nitrogens is 4. The lowest BCUT2D eigenvalue weighted by atomic mass is 10.2. The number of ether oxygens (including phenoxy) is 1. The number of esters is 1. The molecule has 96 valence electrons. The minimum Gasteiger partial charge on any atom is -0.463 e. The molecule has 0 fully saturated rings. The summed E-state index contributed by atoms with van der Waals surface area (Å²) in [4.78, 5) is 11.5. The fourth-order valence-electron chi connectivity index (χ4n) is 1.88. The van der Waals surface area contributed by atoms with Gasteiger partial charge in [-0.05, 0) is 29.5 Å². The minimum absolute atomic E-state index is 0.324. The van der Waals surface area contributed by atoms with Gasteiger partial charge in [0.25, 0.3) is 0 Å². The minimum atomic E-state index is -0.432. The molecule has 0 saturated heterocycles. The Morgan fingerprint density at radius 1 is 1.47 bits per heavy atom. The van der Waals surface area contributed by atoms with Crippen LogP contribution in [0.3, 0.4) is 0 Å². The van der Waals surface area contributed by atoms with Gasteiger partial charge in [0.2, 0.25) is 5.82 Å². The number of nitrogens with one attached hydrogen (secondary N) is 1. The number of fused-ring (bicyclic) bond motifs is 3. The van der Waals surface area contributed by atoms with E-state index in [-0.39, 0.29) is 0 Å². The van der Waals surface area contributed by atoms with Gasteiger partial charge in [0.15, 0.2) is 0 Å². The largest absolute Gasteiger partial charge is 0.463 e. The molecular weight excluding hydrogens is 246 g/mol. The molecule has 1 aromatic carbocycles. The standard InChI is InChI=1S/C12H11N5O2/c1-2-19-11(18)7-9-12-14-15-16-17(12)10-6-4-3-5-8(10)13-9/h3-7,13H,2H2,1H3/b9-7-. The Balaban J connectivity index is 2.06. The van der Waals surface area contributed by atoms with Crippen molar-refractivity contribution in [2.75, 3.05) is 11.9 Å². The van der Waals surface area contributed by atoms with Gasteiger partial charge in [-0.1, -0.05) is 12.1 Å². The van der Waals surface area contributed by atoms with Gasteiger partial charge in [0, 0.05) is 0 Å². The molecule has 19 heavy (non-hydrogen) atoms. The van der Waals surface area contributed by atoms with Crippen LogP contribution < -0.4 is 5.32 Å². The fourth-order valence-corrected chi connectivity index (χ4v) is 1.88. The van der Waals surface area contributed by atoms with E-state index >= 15 is 0 Å². The number of benzene rings is 1. The molecule has 0 spiro atoms. The van der Waals surface area contributed by atoms with Crippen LogP contribution in [0.25, 0.3) is 11.4 Å². The van der Waals surface area contributed by atoms with Gasteiger partial charge < -0.3 is 10.1 Å². The van der Waals surface area contributed by atoms with Gasteiger partial charge >= 0.3 is 5.97 Å². The van der Waals surface area contributed by atoms with Crippen LogP contribution in [0.2, 0.25) is 0 Å². The smallest absolute Gasteiger partial charge is 0.332 e. The third-order valence-electron chi connectivity index (χ3n) is 2.66. The van der Waals surface area contributed by atoms with E-state index in [1.165, 1.54) is 6.08 Å². The van der Waals surface area contributed by atoms with Crippen LogP contribution in [-0.4, -0.2) is 32.8 Å². The molecule has 2 aromatic rings. The van der Waals surface area contributed by atoms with Crippen molar-refractivity contribution in [3.63, 3.8) is 0 Å². The maximum Gasteiger partial charge on any atom is 0.332 e. The third-order valence-corrected chi connectivity index (χ3v) is 2.66. The van der Waals surface area contributed by atoms with E-state index in [0.717, 1.165) is 11.4 Å². The normalized spacial score (nSPS) is 14.5. The molecule has 0 bridgehead atoms. The van der Waals surface area contributed by atoms with Crippen molar-refractivity contribution in [2.24, 2.45) is 0 Å². The highest BCUT2D eigenvalue weighted by atomic mass is 16.5. The molecule has 0 saturated carbocycles. The highest BCUT2D eigenvalue weighted by Gasteiger charge is 2.22. The molecule has 0 unspecified atom stereocenters. The summed E-state index contributed by atoms with van der Waals surface area (Å²) in [7, 11) is 0. The van der Waals surface area contributed by atoms with E-state index in [1.807, 2.05) is 24.3 Å². The van der Waals surface area contributed by atoms with Crippen molar-refractivity contribution >= 4 is 17.4 Å². The molecule has 7 nitrogen and oxygen atoms in total. The van der Waals surface area contributed by atoms with Crippen LogP contribution in [0.15, 0.2) is 30.3 Å². The molecule has 0 radical (unpaired) electrons. The average Bonchev–Trinajstić information content (AvgIpc) is 2.89. The summed E-state index contributed by atoms with van der Waals surface area (Å²) >= 11 is 0. The lowest BCUT2D eigenvalue weighted by molar-refractivity contribution is -0.137. The van der Waals surface area contributed by atoms with Gasteiger partial charge in [0.1, 0.15) is 0 Å². The van der Waals surface area contributed by atoms with Crippen LogP contribution in [0, 0.1) is 0 Å². The summed E-state index contributed by atoms with van der Waals surface area (Å²) in [6.07, 6.45) is 1.35. The number of tetrazole rings is 1. The molecular formula is C12H11N5O2. The zero-order valence-corrected chi connectivity index (χ0v) is 10.2. The summed E-state index contributed by atoms with van der Waals surface area (Å²) in [5.41, 5.74) is 2.18. The predicted molar refractivity (Wildman–Crippen MR) is 67.4 cm³/mol. The van der Waals surface area contributed by atoms with Gasteiger partial charge in [-0.2, -0.15) is 4.68 Å². The number of hydrogen-bond donors (Lipinski definition) is 1. The number of carbonyl (C=O) groups excluding carboxylic acids is 1. The van der Waals surface area contributed by atoms with Crippen LogP contribution in [-0.2, 0) is 9.53 Å². The highest BCUT2D eigenvalue weighted by molar-refractivity contribution is 5.95. The second-order valence-corrected chi connectivity index (χ2v) is 3.87. The van der Waals surface area contributed by atoms with E-state index in [9.17, 15) is 4.79 Å². The number of hydrogen-bond acceptors (Lipinski definition) is 6. The van der Waals surface area contributed by atoms with E-state index < -0.39 is 5.97 Å². The van der Waals surface area contributed by atoms with E-state index in [2.05, 4.69) is 20.8 Å². The Labute approximate surface area is 108 Å². The van der Waals surface area contributed by atoms with Gasteiger partial charge in [-0.15, -0.1) is 5.10 Å². The number of carbonyl (C=O) groups is 1. The second kappa shape index (κ2) is 4.52. The summed E-state index contributed by atoms with van der Waals surface area (Å²) in [5.74, 6) is 0.0469. The quantitative estimate of drug-likeness (QED) is 0.638. The maximum atomic E-state index is 11.5. The summed E-state index contributed by atoms with van der Waals surface area (Å²) in [6, 6.07) is 7.57. The fraction of sp³-hybridized carbons (Fsp3) is 0.167. The van der Waals surface area contributed by atoms with E-state index in [1.54, 1.807) is 11.6 Å². The Bertz CT molecular complexity index is 662. The Morgan fingerprint density at radius 2 is 2.32 bits per heavy atom. The van der Waals surface area contributed by atoms with Gasteiger partial charge in [-0.25, -0.2) is 4.79 Å². The first kappa shape index (κ1) is 11.4. The van der Waals surface area contributed by atoms with Crippen molar-refractivity contribution < 1.29 is 9.53 Å². The predicted octanol–water partition coefficient (Wildman–Crippen LogP) is 0.992. The van der Waals surface area contributed by atoms with Gasteiger partial charge in [-0.3, -0.25) is 0 Å². The van der Waals surface area contributed by atoms with Gasteiger partial charge in [0.05, 0.1) is 29.8 Å². The third kappa shape index (κ3) is 1.95. The molecule has 7 heteroatoms. The molecule has 0 atom stereocenters. The number of rotatable bonds is 2. The lowest BCUT2D eigenvalue weighted by Gasteiger charge is -2.19. The first-order chi connectivity index (χ1) is 9.29. The summed E-state index contributed by atoms with van der Waals surface area (Å²) < 4.78 is 6.47. The molecule has 2 heterocycles. The van der Waals surface area contributed by atoms with Crippen LogP contribution >= 0.6 is 0 Å². The molecule has 3 rings (SSSR count). The Hall–Kier alpha value is -2.70.